The Labute approximate surface area is 243 Å². The lowest BCUT2D eigenvalue weighted by Crippen LogP contribution is -2.57. The van der Waals surface area contributed by atoms with Crippen molar-refractivity contribution in [1.29, 1.82) is 0 Å². The summed E-state index contributed by atoms with van der Waals surface area (Å²) in [6.45, 7) is 3.36. The largest absolute Gasteiger partial charge is 0.381 e. The first kappa shape index (κ1) is 25.5. The smallest absolute Gasteiger partial charge is 0.256 e. The Kier molecular flexibility index (Phi) is 5.57. The molecule has 1 aliphatic carbocycles. The van der Waals surface area contributed by atoms with Crippen LogP contribution in [0.1, 0.15) is 48.9 Å². The Hall–Kier alpha value is -4.18. The Morgan fingerprint density at radius 2 is 1.98 bits per heavy atom. The van der Waals surface area contributed by atoms with Gasteiger partial charge in [0, 0.05) is 38.1 Å². The van der Waals surface area contributed by atoms with E-state index < -0.39 is 5.72 Å². The molecule has 4 aliphatic rings. The number of halogens is 1. The zero-order valence-corrected chi connectivity index (χ0v) is 24.0. The van der Waals surface area contributed by atoms with Crippen LogP contribution >= 0.6 is 0 Å². The molecular formula is C32H33FN6O3. The summed E-state index contributed by atoms with van der Waals surface area (Å²) < 4.78 is 27.8. The Morgan fingerprint density at radius 3 is 2.76 bits per heavy atom. The molecule has 1 unspecified atom stereocenters. The van der Waals surface area contributed by atoms with Gasteiger partial charge in [-0.25, -0.2) is 9.37 Å². The Bertz CT molecular complexity index is 1770. The highest BCUT2D eigenvalue weighted by molar-refractivity contribution is 6.06. The number of piperidine rings is 1. The molecule has 5 heterocycles. The van der Waals surface area contributed by atoms with Crippen LogP contribution in [0.15, 0.2) is 64.3 Å². The number of hydrogen-bond acceptors (Lipinski definition) is 8. The molecular weight excluding hydrogens is 535 g/mol. The number of amidine groups is 1. The number of nitrogens with zero attached hydrogens (tertiary/aromatic N) is 6. The van der Waals surface area contributed by atoms with Gasteiger partial charge in [0.05, 0.1) is 41.9 Å². The van der Waals surface area contributed by atoms with Crippen LogP contribution in [0.4, 0.5) is 10.1 Å². The fraction of sp³-hybridized carbons (Fsp3) is 0.406. The maximum absolute atomic E-state index is 14.3. The van der Waals surface area contributed by atoms with Crippen molar-refractivity contribution in [1.82, 2.24) is 19.6 Å². The van der Waals surface area contributed by atoms with E-state index in [9.17, 15) is 4.39 Å². The first-order chi connectivity index (χ1) is 20.4. The monoisotopic (exact) mass is 568 g/mol. The number of aromatic nitrogens is 3. The van der Waals surface area contributed by atoms with Crippen LogP contribution in [0.5, 0.6) is 0 Å². The highest BCUT2D eigenvalue weighted by atomic mass is 19.1. The van der Waals surface area contributed by atoms with Gasteiger partial charge in [-0.3, -0.25) is 0 Å². The van der Waals surface area contributed by atoms with Crippen molar-refractivity contribution in [2.45, 2.75) is 50.9 Å². The molecule has 10 heteroatoms. The highest BCUT2D eigenvalue weighted by Crippen LogP contribution is 2.54. The molecule has 0 radical (unpaired) electrons. The SMILES string of the molecule is COC1CCC2(CC1)CC(=Cc1ccc(-n3cnc(C)c3)c3oncc13)C1=NOC3(CN(C)c4cc(F)ccc43)N1C2. The normalized spacial score (nSPS) is 27.7. The molecule has 0 amide bonds. The minimum atomic E-state index is -0.798. The number of anilines is 1. The molecule has 2 aromatic carbocycles. The van der Waals surface area contributed by atoms with E-state index in [1.807, 2.05) is 44.0 Å². The number of oxime groups is 1. The van der Waals surface area contributed by atoms with Gasteiger partial charge >= 0.3 is 0 Å². The van der Waals surface area contributed by atoms with Crippen molar-refractivity contribution in [3.63, 3.8) is 0 Å². The highest BCUT2D eigenvalue weighted by Gasteiger charge is 2.58. The fourth-order valence-corrected chi connectivity index (χ4v) is 7.57. The topological polar surface area (TPSA) is 81.1 Å². The number of rotatable bonds is 3. The van der Waals surface area contributed by atoms with E-state index in [-0.39, 0.29) is 11.2 Å². The first-order valence-electron chi connectivity index (χ1n) is 14.6. The number of ether oxygens (including phenoxy) is 1. The molecule has 4 aromatic rings. The number of fused-ring (bicyclic) bond motifs is 5. The van der Waals surface area contributed by atoms with Crippen molar-refractivity contribution < 1.29 is 18.5 Å². The second kappa shape index (κ2) is 9.16. The third-order valence-corrected chi connectivity index (χ3v) is 9.75. The van der Waals surface area contributed by atoms with Gasteiger partial charge < -0.3 is 28.5 Å². The molecule has 9 nitrogen and oxygen atoms in total. The zero-order chi connectivity index (χ0) is 28.6. The minimum absolute atomic E-state index is 0.0456. The quantitative estimate of drug-likeness (QED) is 0.310. The molecule has 1 atom stereocenters. The molecule has 3 aliphatic heterocycles. The predicted octanol–water partition coefficient (Wildman–Crippen LogP) is 5.77. The number of imidazole rings is 1. The van der Waals surface area contributed by atoms with Gasteiger partial charge in [0.1, 0.15) is 5.82 Å². The van der Waals surface area contributed by atoms with Crippen molar-refractivity contribution in [3.05, 3.63) is 77.3 Å². The number of hydrogen-bond donors (Lipinski definition) is 0. The van der Waals surface area contributed by atoms with Crippen LogP contribution in [0, 0.1) is 18.2 Å². The van der Waals surface area contributed by atoms with Crippen molar-refractivity contribution in [2.24, 2.45) is 10.6 Å². The third kappa shape index (κ3) is 3.74. The van der Waals surface area contributed by atoms with Gasteiger partial charge in [0.15, 0.2) is 11.4 Å². The standard InChI is InChI=1S/C32H33FN6O3/c1-20-16-38(19-34-20)27-7-4-21(25-15-35-41-29(25)27)12-22-14-31(10-8-24(40-3)9-11-31)17-39-30(22)36-42-32(39)18-37(2)28-13-23(33)5-6-26(28)32/h4-7,12-13,15-16,19,24H,8-11,14,17-18H2,1-3H3. The first-order valence-corrected chi connectivity index (χ1v) is 14.6. The molecule has 0 N–H and O–H groups in total. The van der Waals surface area contributed by atoms with E-state index >= 15 is 0 Å². The van der Waals surface area contributed by atoms with Crippen LogP contribution in [-0.2, 0) is 15.3 Å². The van der Waals surface area contributed by atoms with E-state index in [4.69, 9.17) is 19.3 Å². The second-order valence-corrected chi connectivity index (χ2v) is 12.3. The van der Waals surface area contributed by atoms with Crippen LogP contribution < -0.4 is 4.90 Å². The van der Waals surface area contributed by atoms with Crippen molar-refractivity contribution >= 4 is 28.6 Å². The molecule has 216 valence electrons. The van der Waals surface area contributed by atoms with E-state index in [1.165, 1.54) is 6.07 Å². The molecule has 2 spiro atoms. The molecule has 0 bridgehead atoms. The van der Waals surface area contributed by atoms with E-state index in [2.05, 4.69) is 32.1 Å². The Balaban J connectivity index is 1.24. The summed E-state index contributed by atoms with van der Waals surface area (Å²) in [7, 11) is 3.80. The second-order valence-electron chi connectivity index (χ2n) is 12.3. The van der Waals surface area contributed by atoms with Crippen LogP contribution in [0.3, 0.4) is 0 Å². The van der Waals surface area contributed by atoms with Crippen molar-refractivity contribution in [2.75, 3.05) is 32.1 Å². The van der Waals surface area contributed by atoms with Crippen molar-refractivity contribution in [3.8, 4) is 5.69 Å². The van der Waals surface area contributed by atoms with E-state index in [1.54, 1.807) is 18.6 Å². The fourth-order valence-electron chi connectivity index (χ4n) is 7.57. The molecule has 1 saturated heterocycles. The molecule has 8 rings (SSSR count). The maximum Gasteiger partial charge on any atom is 0.256 e. The van der Waals surface area contributed by atoms with Crippen LogP contribution in [0.25, 0.3) is 22.7 Å². The van der Waals surface area contributed by atoms with Crippen LogP contribution in [-0.4, -0.2) is 58.8 Å². The summed E-state index contributed by atoms with van der Waals surface area (Å²) in [4.78, 5) is 15.2. The van der Waals surface area contributed by atoms with Gasteiger partial charge in [-0.15, -0.1) is 0 Å². The zero-order valence-electron chi connectivity index (χ0n) is 24.0. The summed E-state index contributed by atoms with van der Waals surface area (Å²) in [6.07, 6.45) is 13.1. The molecule has 2 aromatic heterocycles. The average Bonchev–Trinajstić information content (AvgIpc) is 3.77. The van der Waals surface area contributed by atoms with E-state index in [0.29, 0.717) is 18.2 Å². The Morgan fingerprint density at radius 1 is 1.12 bits per heavy atom. The molecule has 1 saturated carbocycles. The van der Waals surface area contributed by atoms with Gasteiger partial charge in [-0.05, 0) is 85.9 Å². The summed E-state index contributed by atoms with van der Waals surface area (Å²) in [5.74, 6) is 0.594. The number of likely N-dealkylation sites (N-methyl/N-ethyl adjacent to an activating group) is 1. The summed E-state index contributed by atoms with van der Waals surface area (Å²) in [5.41, 5.74) is 5.71. The van der Waals surface area contributed by atoms with Gasteiger partial charge in [0.2, 0.25) is 0 Å². The van der Waals surface area contributed by atoms with Gasteiger partial charge in [0.25, 0.3) is 5.72 Å². The summed E-state index contributed by atoms with van der Waals surface area (Å²) in [6, 6.07) is 9.13. The lowest BCUT2D eigenvalue weighted by Gasteiger charge is -2.49. The number of methoxy groups -OCH3 is 1. The van der Waals surface area contributed by atoms with Gasteiger partial charge in [-0.2, -0.15) is 0 Å². The minimum Gasteiger partial charge on any atom is -0.381 e. The predicted molar refractivity (Wildman–Crippen MR) is 157 cm³/mol. The molecule has 42 heavy (non-hydrogen) atoms. The van der Waals surface area contributed by atoms with E-state index in [0.717, 1.165) is 83.6 Å². The number of aryl methyl sites for hydroxylation is 1. The third-order valence-electron chi connectivity index (χ3n) is 9.75. The lowest BCUT2D eigenvalue weighted by molar-refractivity contribution is -0.110. The average molecular weight is 569 g/mol. The maximum atomic E-state index is 14.3. The molecule has 2 fully saturated rings. The van der Waals surface area contributed by atoms with Crippen LogP contribution in [0.2, 0.25) is 0 Å². The lowest BCUT2D eigenvalue weighted by atomic mass is 9.66. The van der Waals surface area contributed by atoms with Gasteiger partial charge in [-0.1, -0.05) is 16.4 Å². The number of benzene rings is 2. The summed E-state index contributed by atoms with van der Waals surface area (Å²) in [5, 5.41) is 9.84. The summed E-state index contributed by atoms with van der Waals surface area (Å²) >= 11 is 0.